The van der Waals surface area contributed by atoms with E-state index < -0.39 is 6.10 Å². The molecule has 2 aliphatic rings. The number of amides is 1. The van der Waals surface area contributed by atoms with Crippen molar-refractivity contribution in [2.45, 2.75) is 6.10 Å². The molecule has 1 unspecified atom stereocenters. The van der Waals surface area contributed by atoms with Crippen molar-refractivity contribution in [3.05, 3.63) is 67.0 Å². The number of benzene rings is 2. The smallest absolute Gasteiger partial charge is 0.269 e. The van der Waals surface area contributed by atoms with Crippen molar-refractivity contribution in [3.63, 3.8) is 0 Å². The van der Waals surface area contributed by atoms with Crippen molar-refractivity contribution in [2.75, 3.05) is 47.9 Å². The molecule has 0 radical (unpaired) electrons. The predicted molar refractivity (Wildman–Crippen MR) is 118 cm³/mol. The van der Waals surface area contributed by atoms with Crippen LogP contribution in [0, 0.1) is 0 Å². The molecule has 5 rings (SSSR count). The number of nitrogens with zero attached hydrogens (tertiary/aromatic N) is 4. The molecule has 0 spiro atoms. The molecule has 3 heterocycles. The molecule has 0 bridgehead atoms. The maximum atomic E-state index is 12.5. The summed E-state index contributed by atoms with van der Waals surface area (Å²) in [5.41, 5.74) is 1.76. The van der Waals surface area contributed by atoms with Crippen molar-refractivity contribution in [3.8, 4) is 11.5 Å². The highest BCUT2D eigenvalue weighted by molar-refractivity contribution is 5.94. The number of rotatable bonds is 4. The molecule has 1 fully saturated rings. The number of aromatic nitrogens is 2. The summed E-state index contributed by atoms with van der Waals surface area (Å²) in [5, 5.41) is 2.81. The zero-order valence-electron chi connectivity index (χ0n) is 17.0. The van der Waals surface area contributed by atoms with E-state index in [4.69, 9.17) is 9.47 Å². The van der Waals surface area contributed by atoms with Crippen LogP contribution in [0.3, 0.4) is 0 Å². The zero-order valence-corrected chi connectivity index (χ0v) is 17.0. The van der Waals surface area contributed by atoms with Crippen LogP contribution >= 0.6 is 0 Å². The molecule has 8 heteroatoms. The topological polar surface area (TPSA) is 79.8 Å². The first-order valence-electron chi connectivity index (χ1n) is 10.3. The molecule has 1 atom stereocenters. The maximum absolute atomic E-state index is 12.5. The largest absolute Gasteiger partial charge is 0.485 e. The molecular formula is C23H23N5O3. The van der Waals surface area contributed by atoms with E-state index in [-0.39, 0.29) is 12.5 Å². The van der Waals surface area contributed by atoms with Gasteiger partial charge in [0, 0.05) is 31.9 Å². The van der Waals surface area contributed by atoms with Crippen molar-refractivity contribution >= 4 is 23.2 Å². The van der Waals surface area contributed by atoms with E-state index in [9.17, 15) is 4.79 Å². The van der Waals surface area contributed by atoms with E-state index >= 15 is 0 Å². The van der Waals surface area contributed by atoms with E-state index in [0.29, 0.717) is 23.1 Å². The highest BCUT2D eigenvalue weighted by Crippen LogP contribution is 2.31. The van der Waals surface area contributed by atoms with Gasteiger partial charge in [-0.1, -0.05) is 30.3 Å². The summed E-state index contributed by atoms with van der Waals surface area (Å²) in [6.07, 6.45) is 2.53. The van der Waals surface area contributed by atoms with Crippen LogP contribution < -0.4 is 24.6 Å². The molecule has 1 amide bonds. The Balaban J connectivity index is 1.16. The molecule has 8 nitrogen and oxygen atoms in total. The van der Waals surface area contributed by atoms with Crippen LogP contribution in [0.1, 0.15) is 0 Å². The second-order valence-electron chi connectivity index (χ2n) is 7.43. The summed E-state index contributed by atoms with van der Waals surface area (Å²) in [4.78, 5) is 25.9. The lowest BCUT2D eigenvalue weighted by Crippen LogP contribution is -2.47. The Bertz CT molecular complexity index is 1040. The Morgan fingerprint density at radius 1 is 0.871 bits per heavy atom. The quantitative estimate of drug-likeness (QED) is 0.699. The van der Waals surface area contributed by atoms with E-state index in [1.165, 1.54) is 5.69 Å². The minimum absolute atomic E-state index is 0.160. The molecule has 2 aliphatic heterocycles. The number of piperazine rings is 1. The minimum atomic E-state index is -0.722. The third-order valence-electron chi connectivity index (χ3n) is 5.39. The van der Waals surface area contributed by atoms with Gasteiger partial charge >= 0.3 is 0 Å². The lowest BCUT2D eigenvalue weighted by Gasteiger charge is -2.36. The van der Waals surface area contributed by atoms with Gasteiger partial charge in [0.2, 0.25) is 12.1 Å². The monoisotopic (exact) mass is 417 g/mol. The maximum Gasteiger partial charge on any atom is 0.269 e. The Morgan fingerprint density at radius 3 is 2.26 bits per heavy atom. The summed E-state index contributed by atoms with van der Waals surface area (Å²) in [7, 11) is 0. The number of nitrogens with one attached hydrogen (secondary N) is 1. The number of ether oxygens (including phenoxy) is 2. The normalized spacial score (nSPS) is 17.9. The van der Waals surface area contributed by atoms with Gasteiger partial charge in [0.05, 0.1) is 18.1 Å². The van der Waals surface area contributed by atoms with Crippen LogP contribution in [0.15, 0.2) is 67.0 Å². The average Bonchev–Trinajstić information content (AvgIpc) is 2.85. The summed E-state index contributed by atoms with van der Waals surface area (Å²) < 4.78 is 11.3. The highest BCUT2D eigenvalue weighted by atomic mass is 16.6. The first kappa shape index (κ1) is 19.2. The van der Waals surface area contributed by atoms with Gasteiger partial charge in [-0.3, -0.25) is 4.79 Å². The lowest BCUT2D eigenvalue weighted by atomic mass is 10.2. The molecule has 1 N–H and O–H groups in total. The first-order chi connectivity index (χ1) is 15.3. The molecule has 31 heavy (non-hydrogen) atoms. The van der Waals surface area contributed by atoms with Crippen LogP contribution in [0.2, 0.25) is 0 Å². The molecule has 0 saturated carbocycles. The first-order valence-corrected chi connectivity index (χ1v) is 10.3. The number of hydrogen-bond acceptors (Lipinski definition) is 7. The number of para-hydroxylation sites is 3. The molecule has 2 aromatic carbocycles. The third kappa shape index (κ3) is 4.23. The van der Waals surface area contributed by atoms with Crippen LogP contribution in [-0.4, -0.2) is 54.8 Å². The lowest BCUT2D eigenvalue weighted by molar-refractivity contribution is -0.125. The van der Waals surface area contributed by atoms with Crippen LogP contribution in [0.4, 0.5) is 17.3 Å². The average molecular weight is 417 g/mol. The number of anilines is 3. The fourth-order valence-corrected chi connectivity index (χ4v) is 3.72. The molecule has 1 aromatic heterocycles. The Hall–Kier alpha value is -3.81. The van der Waals surface area contributed by atoms with Crippen molar-refractivity contribution in [1.29, 1.82) is 0 Å². The summed E-state index contributed by atoms with van der Waals surface area (Å²) in [6, 6.07) is 17.7. The van der Waals surface area contributed by atoms with Gasteiger partial charge in [-0.05, 0) is 24.3 Å². The molecule has 3 aromatic rings. The molecule has 1 saturated heterocycles. The third-order valence-corrected chi connectivity index (χ3v) is 5.39. The number of carbonyl (C=O) groups is 1. The molecule has 158 valence electrons. The van der Waals surface area contributed by atoms with Gasteiger partial charge in [0.1, 0.15) is 6.61 Å². The molecule has 0 aliphatic carbocycles. The van der Waals surface area contributed by atoms with E-state index in [1.807, 2.05) is 24.3 Å². The highest BCUT2D eigenvalue weighted by Gasteiger charge is 2.27. The van der Waals surface area contributed by atoms with Crippen LogP contribution in [0.25, 0.3) is 0 Å². The standard InChI is InChI=1S/C23H23N5O3/c29-22(21-16-30-19-8-4-5-9-20(19)31-21)26-17-14-24-23(25-15-17)28-12-10-27(11-13-28)18-6-2-1-3-7-18/h1-9,14-15,21H,10-13,16H2,(H,26,29). The second-order valence-corrected chi connectivity index (χ2v) is 7.43. The fraction of sp³-hybridized carbons (Fsp3) is 0.261. The van der Waals surface area contributed by atoms with E-state index in [0.717, 1.165) is 26.2 Å². The van der Waals surface area contributed by atoms with E-state index in [2.05, 4.69) is 49.4 Å². The fourth-order valence-electron chi connectivity index (χ4n) is 3.72. The SMILES string of the molecule is O=C(Nc1cnc(N2CCN(c3ccccc3)CC2)nc1)C1COc2ccccc2O1. The Morgan fingerprint density at radius 2 is 1.52 bits per heavy atom. The van der Waals surface area contributed by atoms with Crippen LogP contribution in [0.5, 0.6) is 11.5 Å². The molecular weight excluding hydrogens is 394 g/mol. The van der Waals surface area contributed by atoms with Gasteiger partial charge in [-0.25, -0.2) is 9.97 Å². The number of fused-ring (bicyclic) bond motifs is 1. The number of hydrogen-bond donors (Lipinski definition) is 1. The van der Waals surface area contributed by atoms with Crippen molar-refractivity contribution in [2.24, 2.45) is 0 Å². The summed E-state index contributed by atoms with van der Waals surface area (Å²) in [6.45, 7) is 3.66. The summed E-state index contributed by atoms with van der Waals surface area (Å²) >= 11 is 0. The Kier molecular flexibility index (Phi) is 5.26. The predicted octanol–water partition coefficient (Wildman–Crippen LogP) is 2.58. The van der Waals surface area contributed by atoms with E-state index in [1.54, 1.807) is 18.5 Å². The second kappa shape index (κ2) is 8.51. The van der Waals surface area contributed by atoms with Crippen LogP contribution in [-0.2, 0) is 4.79 Å². The zero-order chi connectivity index (χ0) is 21.0. The minimum Gasteiger partial charge on any atom is -0.485 e. The van der Waals surface area contributed by atoms with Gasteiger partial charge in [0.25, 0.3) is 5.91 Å². The number of carbonyl (C=O) groups excluding carboxylic acids is 1. The summed E-state index contributed by atoms with van der Waals surface area (Å²) in [5.74, 6) is 1.58. The van der Waals surface area contributed by atoms with Crippen molar-refractivity contribution in [1.82, 2.24) is 9.97 Å². The van der Waals surface area contributed by atoms with Gasteiger partial charge in [0.15, 0.2) is 11.5 Å². The van der Waals surface area contributed by atoms with Gasteiger partial charge in [-0.2, -0.15) is 0 Å². The van der Waals surface area contributed by atoms with Crippen molar-refractivity contribution < 1.29 is 14.3 Å². The van der Waals surface area contributed by atoms with Gasteiger partial charge < -0.3 is 24.6 Å². The van der Waals surface area contributed by atoms with Gasteiger partial charge in [-0.15, -0.1) is 0 Å². The Labute approximate surface area is 180 Å².